The number of rotatable bonds is 3. The van der Waals surface area contributed by atoms with Crippen LogP contribution in [0.2, 0.25) is 0 Å². The molecule has 1 aromatic carbocycles. The molecule has 0 aliphatic heterocycles. The SMILES string of the molecule is CNc1ncc(Br)c(Oc2ccc(C(C)(C)C)cc2C)n1. The first kappa shape index (κ1) is 15.8. The Morgan fingerprint density at radius 2 is 1.95 bits per heavy atom. The highest BCUT2D eigenvalue weighted by atomic mass is 79.9. The van der Waals surface area contributed by atoms with E-state index in [1.54, 1.807) is 13.2 Å². The molecule has 0 radical (unpaired) electrons. The van der Waals surface area contributed by atoms with Crippen molar-refractivity contribution in [2.75, 3.05) is 12.4 Å². The van der Waals surface area contributed by atoms with E-state index in [0.29, 0.717) is 11.8 Å². The molecule has 0 unspecified atom stereocenters. The summed E-state index contributed by atoms with van der Waals surface area (Å²) in [5.74, 6) is 1.82. The molecule has 4 nitrogen and oxygen atoms in total. The molecule has 2 rings (SSSR count). The molecule has 0 aliphatic carbocycles. The molecule has 1 aromatic heterocycles. The first-order chi connectivity index (χ1) is 9.81. The molecule has 0 atom stereocenters. The summed E-state index contributed by atoms with van der Waals surface area (Å²) in [5, 5.41) is 2.90. The van der Waals surface area contributed by atoms with E-state index in [0.717, 1.165) is 15.8 Å². The maximum Gasteiger partial charge on any atom is 0.238 e. The Hall–Kier alpha value is -1.62. The van der Waals surface area contributed by atoms with Crippen LogP contribution >= 0.6 is 15.9 Å². The highest BCUT2D eigenvalue weighted by molar-refractivity contribution is 9.10. The number of hydrogen-bond donors (Lipinski definition) is 1. The molecule has 2 aromatic rings. The lowest BCUT2D eigenvalue weighted by Gasteiger charge is -2.20. The fourth-order valence-corrected chi connectivity index (χ4v) is 2.15. The van der Waals surface area contributed by atoms with Crippen molar-refractivity contribution in [3.8, 4) is 11.6 Å². The van der Waals surface area contributed by atoms with E-state index in [9.17, 15) is 0 Å². The van der Waals surface area contributed by atoms with E-state index >= 15 is 0 Å². The molecule has 5 heteroatoms. The number of ether oxygens (including phenoxy) is 1. The first-order valence-electron chi connectivity index (χ1n) is 6.80. The Labute approximate surface area is 134 Å². The Bertz CT molecular complexity index is 650. The molecule has 0 aliphatic rings. The van der Waals surface area contributed by atoms with Gasteiger partial charge in [-0.15, -0.1) is 0 Å². The van der Waals surface area contributed by atoms with Crippen molar-refractivity contribution in [1.82, 2.24) is 9.97 Å². The molecule has 0 saturated heterocycles. The van der Waals surface area contributed by atoms with Crippen molar-refractivity contribution in [2.24, 2.45) is 0 Å². The van der Waals surface area contributed by atoms with Crippen molar-refractivity contribution in [1.29, 1.82) is 0 Å². The monoisotopic (exact) mass is 349 g/mol. The van der Waals surface area contributed by atoms with Crippen molar-refractivity contribution >= 4 is 21.9 Å². The van der Waals surface area contributed by atoms with E-state index in [4.69, 9.17) is 4.74 Å². The number of benzene rings is 1. The summed E-state index contributed by atoms with van der Waals surface area (Å²) in [5.41, 5.74) is 2.49. The predicted octanol–water partition coefficient (Wildman–Crippen LogP) is 4.68. The van der Waals surface area contributed by atoms with Gasteiger partial charge in [-0.3, -0.25) is 0 Å². The summed E-state index contributed by atoms with van der Waals surface area (Å²) in [6.07, 6.45) is 1.67. The van der Waals surface area contributed by atoms with Gasteiger partial charge in [-0.05, 0) is 45.5 Å². The number of aryl methyl sites for hydroxylation is 1. The van der Waals surface area contributed by atoms with E-state index < -0.39 is 0 Å². The van der Waals surface area contributed by atoms with Crippen molar-refractivity contribution < 1.29 is 4.74 Å². The standard InChI is InChI=1S/C16H20BrN3O/c1-10-8-11(16(2,3)4)6-7-13(10)21-14-12(17)9-19-15(18-5)20-14/h6-9H,1-5H3,(H,18,19,20). The molecular formula is C16H20BrN3O. The Balaban J connectivity index is 2.32. The van der Waals surface area contributed by atoms with Gasteiger partial charge >= 0.3 is 0 Å². The molecule has 1 N–H and O–H groups in total. The molecule has 0 spiro atoms. The van der Waals surface area contributed by atoms with Crippen molar-refractivity contribution in [3.63, 3.8) is 0 Å². The second-order valence-corrected chi connectivity index (χ2v) is 6.78. The van der Waals surface area contributed by atoms with Crippen LogP contribution in [0.15, 0.2) is 28.9 Å². The van der Waals surface area contributed by atoms with Gasteiger partial charge in [-0.1, -0.05) is 32.9 Å². The lowest BCUT2D eigenvalue weighted by Crippen LogP contribution is -2.11. The van der Waals surface area contributed by atoms with Gasteiger partial charge in [0.05, 0.1) is 10.7 Å². The van der Waals surface area contributed by atoms with Gasteiger partial charge in [0.2, 0.25) is 11.8 Å². The van der Waals surface area contributed by atoms with Crippen LogP contribution in [-0.2, 0) is 5.41 Å². The second kappa shape index (κ2) is 6.02. The van der Waals surface area contributed by atoms with Crippen LogP contribution in [0.1, 0.15) is 31.9 Å². The lowest BCUT2D eigenvalue weighted by atomic mass is 9.86. The summed E-state index contributed by atoms with van der Waals surface area (Å²) in [7, 11) is 1.77. The Kier molecular flexibility index (Phi) is 4.52. The summed E-state index contributed by atoms with van der Waals surface area (Å²) >= 11 is 3.41. The van der Waals surface area contributed by atoms with E-state index in [1.807, 2.05) is 13.0 Å². The fourth-order valence-electron chi connectivity index (χ4n) is 1.88. The van der Waals surface area contributed by atoms with Gasteiger partial charge in [0.15, 0.2) is 0 Å². The fraction of sp³-hybridized carbons (Fsp3) is 0.375. The molecule has 0 bridgehead atoms. The largest absolute Gasteiger partial charge is 0.437 e. The topological polar surface area (TPSA) is 47.0 Å². The average Bonchev–Trinajstić information content (AvgIpc) is 2.42. The zero-order chi connectivity index (χ0) is 15.6. The molecule has 1 heterocycles. The summed E-state index contributed by atoms with van der Waals surface area (Å²) in [6, 6.07) is 6.24. The van der Waals surface area contributed by atoms with Gasteiger partial charge in [0, 0.05) is 7.05 Å². The number of halogens is 1. The summed E-state index contributed by atoms with van der Waals surface area (Å²) in [6.45, 7) is 8.63. The highest BCUT2D eigenvalue weighted by Gasteiger charge is 2.15. The van der Waals surface area contributed by atoms with Crippen LogP contribution in [0.3, 0.4) is 0 Å². The number of anilines is 1. The number of hydrogen-bond acceptors (Lipinski definition) is 4. The number of nitrogens with zero attached hydrogens (tertiary/aromatic N) is 2. The predicted molar refractivity (Wildman–Crippen MR) is 89.2 cm³/mol. The number of nitrogens with one attached hydrogen (secondary N) is 1. The smallest absolute Gasteiger partial charge is 0.238 e. The summed E-state index contributed by atoms with van der Waals surface area (Å²) in [4.78, 5) is 8.43. The molecule has 112 valence electrons. The van der Waals surface area contributed by atoms with Crippen LogP contribution in [0.4, 0.5) is 5.95 Å². The quantitative estimate of drug-likeness (QED) is 0.873. The zero-order valence-corrected chi connectivity index (χ0v) is 14.6. The molecule has 0 saturated carbocycles. The zero-order valence-electron chi connectivity index (χ0n) is 13.0. The van der Waals surface area contributed by atoms with E-state index in [1.165, 1.54) is 5.56 Å². The minimum Gasteiger partial charge on any atom is -0.437 e. The maximum absolute atomic E-state index is 5.91. The first-order valence-corrected chi connectivity index (χ1v) is 7.60. The van der Waals surface area contributed by atoms with Crippen LogP contribution in [-0.4, -0.2) is 17.0 Å². The molecular weight excluding hydrogens is 330 g/mol. The minimum absolute atomic E-state index is 0.123. The van der Waals surface area contributed by atoms with E-state index in [-0.39, 0.29) is 5.41 Å². The second-order valence-electron chi connectivity index (χ2n) is 5.93. The van der Waals surface area contributed by atoms with Gasteiger partial charge in [0.1, 0.15) is 5.75 Å². The molecule has 0 amide bonds. The van der Waals surface area contributed by atoms with E-state index in [2.05, 4.69) is 64.1 Å². The van der Waals surface area contributed by atoms with Gasteiger partial charge in [-0.25, -0.2) is 4.98 Å². The maximum atomic E-state index is 5.91. The van der Waals surface area contributed by atoms with Crippen LogP contribution in [0, 0.1) is 6.92 Å². The van der Waals surface area contributed by atoms with Gasteiger partial charge in [-0.2, -0.15) is 4.98 Å². The minimum atomic E-state index is 0.123. The normalized spacial score (nSPS) is 11.3. The van der Waals surface area contributed by atoms with Gasteiger partial charge in [0.25, 0.3) is 0 Å². The van der Waals surface area contributed by atoms with Crippen LogP contribution in [0.25, 0.3) is 0 Å². The summed E-state index contributed by atoms with van der Waals surface area (Å²) < 4.78 is 6.64. The third-order valence-corrected chi connectivity index (χ3v) is 3.73. The van der Waals surface area contributed by atoms with Crippen molar-refractivity contribution in [2.45, 2.75) is 33.1 Å². The third-order valence-electron chi connectivity index (χ3n) is 3.18. The van der Waals surface area contributed by atoms with Gasteiger partial charge < -0.3 is 10.1 Å². The average molecular weight is 350 g/mol. The van der Waals surface area contributed by atoms with Crippen LogP contribution in [0.5, 0.6) is 11.6 Å². The van der Waals surface area contributed by atoms with Crippen molar-refractivity contribution in [3.05, 3.63) is 40.0 Å². The number of aromatic nitrogens is 2. The molecule has 0 fully saturated rings. The Morgan fingerprint density at radius 3 is 2.52 bits per heavy atom. The lowest BCUT2D eigenvalue weighted by molar-refractivity contribution is 0.454. The molecule has 21 heavy (non-hydrogen) atoms. The van der Waals surface area contributed by atoms with Crippen LogP contribution < -0.4 is 10.1 Å². The Morgan fingerprint density at radius 1 is 1.24 bits per heavy atom. The third kappa shape index (κ3) is 3.73. The highest BCUT2D eigenvalue weighted by Crippen LogP contribution is 2.32.